The molecule has 0 spiro atoms. The second-order valence-corrected chi connectivity index (χ2v) is 0. The molecule has 0 amide bonds. The minimum Gasteiger partial charge on any atom is -1.00 e. The molecule has 0 aliphatic carbocycles. The average Bonchev–Trinajstić information content (AvgIpc) is 0. The molecule has 0 aliphatic heterocycles. The van der Waals surface area contributed by atoms with Crippen LogP contribution in [-0.2, 0) is 0 Å². The molecule has 0 saturated carbocycles. The van der Waals surface area contributed by atoms with Crippen LogP contribution in [0, 0.1) is 0 Å². The second kappa shape index (κ2) is 51.1. The molecule has 0 aromatic rings. The summed E-state index contributed by atoms with van der Waals surface area (Å²) in [5.74, 6) is 0. The Bertz CT molecular complexity index is 11.7. The van der Waals surface area contributed by atoms with E-state index in [1.807, 2.05) is 0 Å². The van der Waals surface area contributed by atoms with E-state index in [0.717, 1.165) is 0 Å². The first-order chi connectivity index (χ1) is 0. The Labute approximate surface area is 138 Å². The maximum atomic E-state index is 0. The minimum absolute atomic E-state index is 0. The van der Waals surface area contributed by atoms with Gasteiger partial charge in [-0.2, -0.15) is 0 Å². The van der Waals surface area contributed by atoms with Gasteiger partial charge in [0.2, 0.25) is 0 Å². The molecule has 0 unspecified atom stereocenters. The monoisotopic (exact) mass is 336 g/mol. The zero-order valence-electron chi connectivity index (χ0n) is 3.43. The molecule has 0 rings (SSSR count). The van der Waals surface area contributed by atoms with Crippen molar-refractivity contribution in [3.63, 3.8) is 0 Å². The third kappa shape index (κ3) is 40.3. The fourth-order valence-corrected chi connectivity index (χ4v) is 0. The van der Waals surface area contributed by atoms with E-state index in [-0.39, 0.29) is 142 Å². The van der Waals surface area contributed by atoms with E-state index in [9.17, 15) is 0 Å². The SMILES string of the molecule is O.[Ba+2].[Ca+2].[Cl-].[Cl-].[Cl-].[Cl-]. The molecular formula is H2BaCaCl4O. The molecular weight excluding hydrogens is 335 g/mol. The summed E-state index contributed by atoms with van der Waals surface area (Å²) < 4.78 is 0. The molecule has 0 bridgehead atoms. The van der Waals surface area contributed by atoms with Gasteiger partial charge in [-0.1, -0.05) is 0 Å². The summed E-state index contributed by atoms with van der Waals surface area (Å²) in [5, 5.41) is 0. The Hall–Kier alpha value is 3.95. The standard InChI is InChI=1S/Ba.Ca.4ClH.H2O/h;;4*1H;1H2/q2*+2;;;;;/p-4. The molecule has 0 aromatic heterocycles. The van der Waals surface area contributed by atoms with Crippen LogP contribution in [0.3, 0.4) is 0 Å². The van der Waals surface area contributed by atoms with Crippen molar-refractivity contribution in [1.29, 1.82) is 0 Å². The van der Waals surface area contributed by atoms with Crippen LogP contribution >= 0.6 is 0 Å². The van der Waals surface area contributed by atoms with Crippen LogP contribution in [0.2, 0.25) is 0 Å². The molecule has 0 atom stereocenters. The van der Waals surface area contributed by atoms with Crippen molar-refractivity contribution < 1.29 is 55.1 Å². The quantitative estimate of drug-likeness (QED) is 0.393. The Morgan fingerprint density at radius 3 is 0.571 bits per heavy atom. The molecule has 7 heavy (non-hydrogen) atoms. The Morgan fingerprint density at radius 2 is 0.571 bits per heavy atom. The fourth-order valence-electron chi connectivity index (χ4n) is 0. The van der Waals surface area contributed by atoms with Gasteiger partial charge in [-0.3, -0.25) is 0 Å². The Balaban J connectivity index is 0. The molecule has 0 heterocycles. The predicted molar refractivity (Wildman–Crippen MR) is 15.1 cm³/mol. The molecule has 0 fully saturated rings. The van der Waals surface area contributed by atoms with E-state index < -0.39 is 0 Å². The van der Waals surface area contributed by atoms with Crippen LogP contribution in [0.5, 0.6) is 0 Å². The van der Waals surface area contributed by atoms with Crippen LogP contribution in [0.4, 0.5) is 0 Å². The zero-order valence-corrected chi connectivity index (χ0v) is 13.1. The van der Waals surface area contributed by atoms with Crippen LogP contribution < -0.4 is 49.6 Å². The maximum Gasteiger partial charge on any atom is 2.00 e. The van der Waals surface area contributed by atoms with Gasteiger partial charge in [0.25, 0.3) is 0 Å². The molecule has 0 aliphatic rings. The largest absolute Gasteiger partial charge is 2.00 e. The van der Waals surface area contributed by atoms with Gasteiger partial charge < -0.3 is 55.1 Å². The van der Waals surface area contributed by atoms with Crippen LogP contribution in [0.15, 0.2) is 0 Å². The molecule has 1 nitrogen and oxygen atoms in total. The third-order valence-corrected chi connectivity index (χ3v) is 0. The fraction of sp³-hybridized carbons (Fsp3) is 0. The number of hydrogen-bond acceptors (Lipinski definition) is 0. The molecule has 7 heteroatoms. The van der Waals surface area contributed by atoms with Gasteiger partial charge >= 0.3 is 86.6 Å². The molecule has 2 N–H and O–H groups in total. The summed E-state index contributed by atoms with van der Waals surface area (Å²) in [6.45, 7) is 0. The van der Waals surface area contributed by atoms with E-state index in [1.165, 1.54) is 0 Å². The van der Waals surface area contributed by atoms with Crippen molar-refractivity contribution in [1.82, 2.24) is 0 Å². The number of rotatable bonds is 0. The normalized spacial score (nSPS) is 0. The van der Waals surface area contributed by atoms with Crippen molar-refractivity contribution >= 4 is 86.6 Å². The average molecular weight is 337 g/mol. The third-order valence-electron chi connectivity index (χ3n) is 0. The number of hydrogen-bond donors (Lipinski definition) is 0. The van der Waals surface area contributed by atoms with Crippen LogP contribution in [-0.4, -0.2) is 92.1 Å². The summed E-state index contributed by atoms with van der Waals surface area (Å²) >= 11 is 0. The van der Waals surface area contributed by atoms with E-state index in [1.54, 1.807) is 0 Å². The summed E-state index contributed by atoms with van der Waals surface area (Å²) in [6, 6.07) is 0. The van der Waals surface area contributed by atoms with E-state index in [4.69, 9.17) is 0 Å². The van der Waals surface area contributed by atoms with E-state index in [0.29, 0.717) is 0 Å². The predicted octanol–water partition coefficient (Wildman–Crippen LogP) is -13.6. The summed E-state index contributed by atoms with van der Waals surface area (Å²) in [6.07, 6.45) is 0. The van der Waals surface area contributed by atoms with Gasteiger partial charge in [0, 0.05) is 0 Å². The van der Waals surface area contributed by atoms with Gasteiger partial charge in [0.1, 0.15) is 0 Å². The first-order valence-corrected chi connectivity index (χ1v) is 0. The van der Waals surface area contributed by atoms with Crippen molar-refractivity contribution in [3.8, 4) is 0 Å². The van der Waals surface area contributed by atoms with Crippen molar-refractivity contribution in [2.75, 3.05) is 0 Å². The maximum absolute atomic E-state index is 0. The van der Waals surface area contributed by atoms with Crippen LogP contribution in [0.25, 0.3) is 0 Å². The molecule has 0 aromatic carbocycles. The molecule has 40 valence electrons. The minimum atomic E-state index is 0. The Kier molecular flexibility index (Phi) is 507. The zero-order chi connectivity index (χ0) is 0. The summed E-state index contributed by atoms with van der Waals surface area (Å²) in [5.41, 5.74) is 0. The molecule has 0 saturated heterocycles. The van der Waals surface area contributed by atoms with Gasteiger partial charge in [-0.05, 0) is 0 Å². The summed E-state index contributed by atoms with van der Waals surface area (Å²) in [7, 11) is 0. The van der Waals surface area contributed by atoms with E-state index >= 15 is 0 Å². The Morgan fingerprint density at radius 1 is 0.571 bits per heavy atom. The first kappa shape index (κ1) is 69.5. The van der Waals surface area contributed by atoms with Crippen molar-refractivity contribution in [2.45, 2.75) is 0 Å². The van der Waals surface area contributed by atoms with Crippen molar-refractivity contribution in [2.24, 2.45) is 0 Å². The van der Waals surface area contributed by atoms with E-state index in [2.05, 4.69) is 0 Å². The van der Waals surface area contributed by atoms with Gasteiger partial charge in [-0.15, -0.1) is 0 Å². The number of halogens is 4. The topological polar surface area (TPSA) is 31.5 Å². The van der Waals surface area contributed by atoms with Gasteiger partial charge in [0.05, 0.1) is 0 Å². The first-order valence-electron chi connectivity index (χ1n) is 0. The van der Waals surface area contributed by atoms with Gasteiger partial charge in [-0.25, -0.2) is 0 Å². The van der Waals surface area contributed by atoms with Crippen LogP contribution in [0.1, 0.15) is 0 Å². The second-order valence-electron chi connectivity index (χ2n) is 0. The summed E-state index contributed by atoms with van der Waals surface area (Å²) in [4.78, 5) is 0. The molecule has 0 radical (unpaired) electrons. The van der Waals surface area contributed by atoms with Gasteiger partial charge in [0.15, 0.2) is 0 Å². The van der Waals surface area contributed by atoms with Crippen molar-refractivity contribution in [3.05, 3.63) is 0 Å². The smallest absolute Gasteiger partial charge is 1.00 e.